The van der Waals surface area contributed by atoms with Crippen molar-refractivity contribution in [1.82, 2.24) is 19.7 Å². The van der Waals surface area contributed by atoms with Gasteiger partial charge >= 0.3 is 0 Å². The number of nitrogens with two attached hydrogens (primary N) is 1. The van der Waals surface area contributed by atoms with E-state index in [-0.39, 0.29) is 23.1 Å². The summed E-state index contributed by atoms with van der Waals surface area (Å²) in [7, 11) is -3.95. The lowest BCUT2D eigenvalue weighted by Gasteiger charge is -2.09. The Bertz CT molecular complexity index is 837. The number of nitrogen functional groups attached to an aromatic ring is 1. The Morgan fingerprint density at radius 2 is 2.04 bits per heavy atom. The number of carbonyl (C=O) groups excluding carboxylic acids is 1. The van der Waals surface area contributed by atoms with E-state index in [0.29, 0.717) is 17.9 Å². The second-order valence-corrected chi connectivity index (χ2v) is 7.34. The Morgan fingerprint density at radius 3 is 2.71 bits per heavy atom. The van der Waals surface area contributed by atoms with Crippen LogP contribution in [-0.4, -0.2) is 29.3 Å². The van der Waals surface area contributed by atoms with E-state index in [1.54, 1.807) is 12.1 Å². The number of benzene rings is 1. The highest BCUT2D eigenvalue weighted by molar-refractivity contribution is 7.90. The maximum absolute atomic E-state index is 12.3. The summed E-state index contributed by atoms with van der Waals surface area (Å²) in [6, 6.07) is 5.97. The lowest BCUT2D eigenvalue weighted by molar-refractivity contribution is -0.119. The van der Waals surface area contributed by atoms with Crippen molar-refractivity contribution >= 4 is 21.9 Å². The van der Waals surface area contributed by atoms with Gasteiger partial charge in [-0.15, -0.1) is 0 Å². The highest BCUT2D eigenvalue weighted by Crippen LogP contribution is 2.19. The van der Waals surface area contributed by atoms with Gasteiger partial charge in [0.25, 0.3) is 10.0 Å². The molecule has 0 saturated carbocycles. The maximum atomic E-state index is 12.3. The van der Waals surface area contributed by atoms with Gasteiger partial charge in [-0.05, 0) is 24.5 Å². The third-order valence-electron chi connectivity index (χ3n) is 3.19. The molecule has 0 aliphatic heterocycles. The summed E-state index contributed by atoms with van der Waals surface area (Å²) in [5.41, 5.74) is 5.97. The minimum absolute atomic E-state index is 0.0373. The van der Waals surface area contributed by atoms with Crippen LogP contribution in [0.5, 0.6) is 0 Å². The summed E-state index contributed by atoms with van der Waals surface area (Å²) in [5, 5.41) is 0. The topological polar surface area (TPSA) is 128 Å². The van der Waals surface area contributed by atoms with E-state index in [1.807, 2.05) is 13.8 Å². The molecule has 0 aliphatic carbocycles. The lowest BCUT2D eigenvalue weighted by Crippen LogP contribution is -2.30. The molecule has 1 amide bonds. The summed E-state index contributed by atoms with van der Waals surface area (Å²) in [4.78, 5) is 23.4. The Morgan fingerprint density at radius 1 is 1.29 bits per heavy atom. The summed E-state index contributed by atoms with van der Waals surface area (Å²) in [5.74, 6) is 0.0792. The number of rotatable bonds is 6. The van der Waals surface area contributed by atoms with E-state index in [4.69, 9.17) is 5.73 Å². The molecular formula is C15H19N5O3S. The Kier molecular flexibility index (Phi) is 5.45. The quantitative estimate of drug-likeness (QED) is 0.805. The Balaban J connectivity index is 2.22. The predicted molar refractivity (Wildman–Crippen MR) is 89.1 cm³/mol. The Hall–Kier alpha value is -2.55. The fraction of sp³-hybridized carbons (Fsp3) is 0.333. The number of nitrogens with zero attached hydrogens (tertiary/aromatic N) is 3. The number of sulfonamides is 1. The second kappa shape index (κ2) is 7.35. The van der Waals surface area contributed by atoms with E-state index >= 15 is 0 Å². The van der Waals surface area contributed by atoms with Gasteiger partial charge in [0.2, 0.25) is 11.9 Å². The fourth-order valence-corrected chi connectivity index (χ4v) is 2.99. The summed E-state index contributed by atoms with van der Waals surface area (Å²) in [6.45, 7) is 3.93. The van der Waals surface area contributed by atoms with Crippen LogP contribution in [0.15, 0.2) is 35.5 Å². The van der Waals surface area contributed by atoms with E-state index in [9.17, 15) is 13.2 Å². The van der Waals surface area contributed by atoms with Crippen molar-refractivity contribution in [2.75, 3.05) is 5.73 Å². The standard InChI is InChI=1S/C15H19N5O3S/c1-10(2)6-7-13(21)20-24(22,23)12-5-3-4-11(8-12)14-17-9-18-15(16)19-14/h3-5,8-10H,6-7H2,1-2H3,(H,20,21)(H2,16,17,18,19). The van der Waals surface area contributed by atoms with Crippen molar-refractivity contribution in [1.29, 1.82) is 0 Å². The van der Waals surface area contributed by atoms with Crippen LogP contribution in [0.25, 0.3) is 11.4 Å². The molecular weight excluding hydrogens is 330 g/mol. The number of hydrogen-bond donors (Lipinski definition) is 2. The molecule has 0 saturated heterocycles. The van der Waals surface area contributed by atoms with Crippen molar-refractivity contribution in [2.45, 2.75) is 31.6 Å². The third kappa shape index (κ3) is 4.72. The zero-order chi connectivity index (χ0) is 17.7. The van der Waals surface area contributed by atoms with Gasteiger partial charge in [0.1, 0.15) is 6.33 Å². The zero-order valence-corrected chi connectivity index (χ0v) is 14.2. The molecule has 1 heterocycles. The maximum Gasteiger partial charge on any atom is 0.264 e. The van der Waals surface area contributed by atoms with Gasteiger partial charge in [-0.3, -0.25) is 4.79 Å². The summed E-state index contributed by atoms with van der Waals surface area (Å²) >= 11 is 0. The fourth-order valence-electron chi connectivity index (χ4n) is 1.93. The number of carbonyl (C=O) groups is 1. The Labute approximate surface area is 140 Å². The van der Waals surface area contributed by atoms with E-state index < -0.39 is 15.9 Å². The largest absolute Gasteiger partial charge is 0.368 e. The average molecular weight is 349 g/mol. The summed E-state index contributed by atoms with van der Waals surface area (Å²) in [6.07, 6.45) is 2.01. The van der Waals surface area contributed by atoms with Crippen LogP contribution in [0.1, 0.15) is 26.7 Å². The SMILES string of the molecule is CC(C)CCC(=O)NS(=O)(=O)c1cccc(-c2ncnc(N)n2)c1. The molecule has 0 radical (unpaired) electrons. The van der Waals surface area contributed by atoms with Crippen LogP contribution in [0.2, 0.25) is 0 Å². The number of nitrogens with one attached hydrogen (secondary N) is 1. The average Bonchev–Trinajstić information content (AvgIpc) is 2.53. The van der Waals surface area contributed by atoms with Gasteiger partial charge in [0.15, 0.2) is 5.82 Å². The van der Waals surface area contributed by atoms with Crippen LogP contribution in [0.4, 0.5) is 5.95 Å². The minimum atomic E-state index is -3.95. The molecule has 1 aromatic carbocycles. The number of amides is 1. The van der Waals surface area contributed by atoms with Crippen molar-refractivity contribution < 1.29 is 13.2 Å². The third-order valence-corrected chi connectivity index (χ3v) is 4.56. The number of aromatic nitrogens is 3. The number of hydrogen-bond acceptors (Lipinski definition) is 7. The molecule has 2 rings (SSSR count). The molecule has 24 heavy (non-hydrogen) atoms. The molecule has 0 atom stereocenters. The zero-order valence-electron chi connectivity index (χ0n) is 13.4. The molecule has 0 unspecified atom stereocenters. The summed E-state index contributed by atoms with van der Waals surface area (Å²) < 4.78 is 26.7. The molecule has 8 nitrogen and oxygen atoms in total. The van der Waals surface area contributed by atoms with Gasteiger partial charge in [-0.2, -0.15) is 4.98 Å². The van der Waals surface area contributed by atoms with Gasteiger partial charge in [0.05, 0.1) is 4.90 Å². The highest BCUT2D eigenvalue weighted by atomic mass is 32.2. The molecule has 128 valence electrons. The molecule has 0 bridgehead atoms. The molecule has 0 spiro atoms. The number of anilines is 1. The van der Waals surface area contributed by atoms with Crippen molar-refractivity contribution in [3.63, 3.8) is 0 Å². The van der Waals surface area contributed by atoms with E-state index in [0.717, 1.165) is 0 Å². The minimum Gasteiger partial charge on any atom is -0.368 e. The first-order valence-electron chi connectivity index (χ1n) is 7.38. The molecule has 0 aliphatic rings. The smallest absolute Gasteiger partial charge is 0.264 e. The van der Waals surface area contributed by atoms with Crippen molar-refractivity contribution in [3.05, 3.63) is 30.6 Å². The van der Waals surface area contributed by atoms with Crippen LogP contribution in [0.3, 0.4) is 0 Å². The lowest BCUT2D eigenvalue weighted by atomic mass is 10.1. The molecule has 9 heteroatoms. The predicted octanol–water partition coefficient (Wildman–Crippen LogP) is 1.36. The molecule has 2 aromatic rings. The highest BCUT2D eigenvalue weighted by Gasteiger charge is 2.18. The van der Waals surface area contributed by atoms with Gasteiger partial charge in [0, 0.05) is 12.0 Å². The van der Waals surface area contributed by atoms with Gasteiger partial charge < -0.3 is 5.73 Å². The first kappa shape index (κ1) is 17.8. The molecule has 0 fully saturated rings. The molecule has 1 aromatic heterocycles. The second-order valence-electron chi connectivity index (χ2n) is 5.66. The van der Waals surface area contributed by atoms with Crippen molar-refractivity contribution in [2.24, 2.45) is 5.92 Å². The van der Waals surface area contributed by atoms with Crippen LogP contribution in [0, 0.1) is 5.92 Å². The van der Waals surface area contributed by atoms with E-state index in [1.165, 1.54) is 18.5 Å². The van der Waals surface area contributed by atoms with Crippen molar-refractivity contribution in [3.8, 4) is 11.4 Å². The van der Waals surface area contributed by atoms with Gasteiger partial charge in [-0.25, -0.2) is 23.1 Å². The van der Waals surface area contributed by atoms with E-state index in [2.05, 4.69) is 19.7 Å². The van der Waals surface area contributed by atoms with Crippen LogP contribution in [-0.2, 0) is 14.8 Å². The van der Waals surface area contributed by atoms with Gasteiger partial charge in [-0.1, -0.05) is 26.0 Å². The molecule has 3 N–H and O–H groups in total. The monoisotopic (exact) mass is 349 g/mol. The van der Waals surface area contributed by atoms with Crippen LogP contribution >= 0.6 is 0 Å². The van der Waals surface area contributed by atoms with Crippen LogP contribution < -0.4 is 10.5 Å². The normalized spacial score (nSPS) is 11.5. The first-order valence-corrected chi connectivity index (χ1v) is 8.87. The first-order chi connectivity index (χ1) is 11.3.